The SMILES string of the molecule is CC1(C)C2CC[C@]3(C)[C@H](C(=O)C=C4[C@@H]5C[C@@](C)(C(=O)N(O)C6CC6)CC[C@]5(C)CC[C@]43C)[C@@]2(C)CC[C@@H]1N. The summed E-state index contributed by atoms with van der Waals surface area (Å²) in [6.07, 6.45) is 12.9. The van der Waals surface area contributed by atoms with Gasteiger partial charge >= 0.3 is 0 Å². The van der Waals surface area contributed by atoms with Gasteiger partial charge < -0.3 is 5.73 Å². The zero-order valence-corrected chi connectivity index (χ0v) is 25.0. The molecule has 0 radical (unpaired) electrons. The van der Waals surface area contributed by atoms with Crippen LogP contribution in [0.1, 0.15) is 119 Å². The fraction of sp³-hybridized carbons (Fsp3) is 0.879. The molecule has 1 amide bonds. The molecule has 0 heterocycles. The number of ketones is 1. The van der Waals surface area contributed by atoms with Gasteiger partial charge in [-0.05, 0) is 116 Å². The maximum Gasteiger partial charge on any atom is 0.252 e. The first-order valence-electron chi connectivity index (χ1n) is 15.6. The third kappa shape index (κ3) is 3.30. The second kappa shape index (κ2) is 7.96. The lowest BCUT2D eigenvalue weighted by atomic mass is 9.33. The molecular weight excluding hydrogens is 472 g/mol. The molecule has 5 nitrogen and oxygen atoms in total. The normalized spacial score (nSPS) is 51.6. The largest absolute Gasteiger partial charge is 0.327 e. The van der Waals surface area contributed by atoms with E-state index in [0.29, 0.717) is 11.7 Å². The first-order chi connectivity index (χ1) is 17.5. The Morgan fingerprint density at radius 1 is 0.921 bits per heavy atom. The number of carbonyl (C=O) groups excluding carboxylic acids is 2. The molecule has 6 rings (SSSR count). The molecular formula is C33H52N2O3. The minimum absolute atomic E-state index is 0.00295. The van der Waals surface area contributed by atoms with Crippen molar-refractivity contribution in [3.63, 3.8) is 0 Å². The summed E-state index contributed by atoms with van der Waals surface area (Å²) in [5.41, 5.74) is 7.41. The first-order valence-corrected chi connectivity index (χ1v) is 15.6. The van der Waals surface area contributed by atoms with E-state index in [0.717, 1.165) is 75.7 Å². The van der Waals surface area contributed by atoms with Crippen molar-refractivity contribution < 1.29 is 14.8 Å². The van der Waals surface area contributed by atoms with Gasteiger partial charge in [-0.15, -0.1) is 0 Å². The highest BCUT2D eigenvalue weighted by molar-refractivity contribution is 5.95. The van der Waals surface area contributed by atoms with E-state index < -0.39 is 5.41 Å². The van der Waals surface area contributed by atoms with Crippen molar-refractivity contribution in [2.24, 2.45) is 56.0 Å². The Morgan fingerprint density at radius 3 is 2.24 bits per heavy atom. The van der Waals surface area contributed by atoms with Crippen LogP contribution in [0.5, 0.6) is 0 Å². The van der Waals surface area contributed by atoms with E-state index >= 15 is 0 Å². The molecule has 0 saturated heterocycles. The summed E-state index contributed by atoms with van der Waals surface area (Å²) < 4.78 is 0. The molecule has 3 N–H and O–H groups in total. The van der Waals surface area contributed by atoms with E-state index in [-0.39, 0.29) is 56.9 Å². The van der Waals surface area contributed by atoms with Crippen LogP contribution in [-0.4, -0.2) is 34.0 Å². The highest BCUT2D eigenvalue weighted by atomic mass is 16.5. The topological polar surface area (TPSA) is 83.6 Å². The van der Waals surface area contributed by atoms with Crippen molar-refractivity contribution in [2.75, 3.05) is 0 Å². The number of rotatable bonds is 2. The fourth-order valence-electron chi connectivity index (χ4n) is 11.2. The summed E-state index contributed by atoms with van der Waals surface area (Å²) in [6, 6.07) is 0.197. The molecule has 38 heavy (non-hydrogen) atoms. The summed E-state index contributed by atoms with van der Waals surface area (Å²) in [5.74, 6) is 0.929. The van der Waals surface area contributed by atoms with Crippen molar-refractivity contribution in [1.82, 2.24) is 5.06 Å². The van der Waals surface area contributed by atoms with Crippen molar-refractivity contribution in [1.29, 1.82) is 0 Å². The summed E-state index contributed by atoms with van der Waals surface area (Å²) >= 11 is 0. The second-order valence-electron chi connectivity index (χ2n) is 16.6. The van der Waals surface area contributed by atoms with E-state index in [2.05, 4.69) is 54.5 Å². The van der Waals surface area contributed by atoms with Crippen molar-refractivity contribution in [2.45, 2.75) is 131 Å². The summed E-state index contributed by atoms with van der Waals surface area (Å²) in [6.45, 7) is 16.5. The molecule has 5 fully saturated rings. The molecule has 5 heteroatoms. The van der Waals surface area contributed by atoms with E-state index in [1.807, 2.05) is 0 Å². The molecule has 0 bridgehead atoms. The number of hydroxylamine groups is 2. The highest BCUT2D eigenvalue weighted by Crippen LogP contribution is 2.75. The number of fused-ring (bicyclic) bond motifs is 7. The molecule has 9 atom stereocenters. The lowest BCUT2D eigenvalue weighted by Crippen LogP contribution is -2.67. The van der Waals surface area contributed by atoms with E-state index in [1.54, 1.807) is 0 Å². The standard InChI is InChI=1S/C33H52N2O3/c1-28(2)24-10-13-33(7)26(31(24,5)12-11-25(28)34)23(36)18-21-22-19-30(4,27(37)35(38)20-8-9-20)15-14-29(22,3)16-17-32(21,33)6/h18,20,22,24-26,38H,8-17,19,34H2,1-7H3/t22-,24?,25-,26+,29+,30-,31-,32+,33+/m0/s1. The molecule has 5 saturated carbocycles. The van der Waals surface area contributed by atoms with Gasteiger partial charge in [-0.1, -0.05) is 54.0 Å². The minimum atomic E-state index is -0.575. The number of nitrogens with zero attached hydrogens (tertiary/aromatic N) is 1. The Morgan fingerprint density at radius 2 is 1.58 bits per heavy atom. The average molecular weight is 525 g/mol. The molecule has 212 valence electrons. The zero-order chi connectivity index (χ0) is 27.7. The van der Waals surface area contributed by atoms with Crippen LogP contribution in [0.3, 0.4) is 0 Å². The Kier molecular flexibility index (Phi) is 5.65. The van der Waals surface area contributed by atoms with Gasteiger partial charge in [0.05, 0.1) is 6.04 Å². The van der Waals surface area contributed by atoms with Gasteiger partial charge in [-0.2, -0.15) is 0 Å². The van der Waals surface area contributed by atoms with E-state index in [1.165, 1.54) is 5.57 Å². The zero-order valence-electron chi connectivity index (χ0n) is 25.0. The van der Waals surface area contributed by atoms with E-state index in [9.17, 15) is 14.8 Å². The minimum Gasteiger partial charge on any atom is -0.327 e. The smallest absolute Gasteiger partial charge is 0.252 e. The predicted molar refractivity (Wildman–Crippen MR) is 149 cm³/mol. The molecule has 0 aromatic rings. The van der Waals surface area contributed by atoms with Crippen molar-refractivity contribution in [3.8, 4) is 0 Å². The Bertz CT molecular complexity index is 1090. The van der Waals surface area contributed by atoms with Gasteiger partial charge in [0, 0.05) is 17.4 Å². The van der Waals surface area contributed by atoms with Crippen LogP contribution in [0.25, 0.3) is 0 Å². The second-order valence-corrected chi connectivity index (χ2v) is 16.6. The van der Waals surface area contributed by atoms with Crippen LogP contribution in [0.15, 0.2) is 11.6 Å². The number of nitrogens with two attached hydrogens (primary N) is 1. The number of allylic oxidation sites excluding steroid dienone is 2. The Labute approximate surface area is 230 Å². The van der Waals surface area contributed by atoms with Gasteiger partial charge in [0.2, 0.25) is 0 Å². The summed E-state index contributed by atoms with van der Waals surface area (Å²) in [7, 11) is 0. The van der Waals surface area contributed by atoms with Crippen LogP contribution in [0, 0.1) is 50.2 Å². The van der Waals surface area contributed by atoms with Gasteiger partial charge in [0.15, 0.2) is 5.78 Å². The van der Waals surface area contributed by atoms with Crippen LogP contribution in [0.2, 0.25) is 0 Å². The Hall–Kier alpha value is -1.20. The molecule has 1 unspecified atom stereocenters. The van der Waals surface area contributed by atoms with Gasteiger partial charge in [-0.25, -0.2) is 5.06 Å². The third-order valence-electron chi connectivity index (χ3n) is 14.3. The van der Waals surface area contributed by atoms with Crippen molar-refractivity contribution in [3.05, 3.63) is 11.6 Å². The molecule has 0 aliphatic heterocycles. The number of amides is 1. The lowest BCUT2D eigenvalue weighted by molar-refractivity contribution is -0.192. The summed E-state index contributed by atoms with van der Waals surface area (Å²) in [4.78, 5) is 28.0. The molecule has 0 aromatic heterocycles. The molecule has 0 spiro atoms. The summed E-state index contributed by atoms with van der Waals surface area (Å²) in [5, 5.41) is 11.7. The average Bonchev–Trinajstić information content (AvgIpc) is 3.69. The maximum absolute atomic E-state index is 14.4. The molecule has 6 aliphatic rings. The monoisotopic (exact) mass is 524 g/mol. The number of hydrogen-bond acceptors (Lipinski definition) is 4. The molecule has 0 aromatic carbocycles. The third-order valence-corrected chi connectivity index (χ3v) is 14.3. The maximum atomic E-state index is 14.4. The van der Waals surface area contributed by atoms with Crippen LogP contribution >= 0.6 is 0 Å². The van der Waals surface area contributed by atoms with E-state index in [4.69, 9.17) is 5.73 Å². The van der Waals surface area contributed by atoms with Gasteiger partial charge in [-0.3, -0.25) is 14.8 Å². The van der Waals surface area contributed by atoms with Crippen LogP contribution in [0.4, 0.5) is 0 Å². The Balaban J connectivity index is 1.40. The quantitative estimate of drug-likeness (QED) is 0.312. The van der Waals surface area contributed by atoms with Crippen LogP contribution in [-0.2, 0) is 9.59 Å². The first kappa shape index (κ1) is 27.0. The van der Waals surface area contributed by atoms with Gasteiger partial charge in [0.1, 0.15) is 0 Å². The number of carbonyl (C=O) groups is 2. The fourth-order valence-corrected chi connectivity index (χ4v) is 11.2. The predicted octanol–water partition coefficient (Wildman–Crippen LogP) is 6.67. The number of hydrogen-bond donors (Lipinski definition) is 2. The van der Waals surface area contributed by atoms with Gasteiger partial charge in [0.25, 0.3) is 5.91 Å². The van der Waals surface area contributed by atoms with Crippen molar-refractivity contribution >= 4 is 11.7 Å². The molecule has 6 aliphatic carbocycles. The lowest BCUT2D eigenvalue weighted by Gasteiger charge is -2.70. The highest BCUT2D eigenvalue weighted by Gasteiger charge is 2.70. The van der Waals surface area contributed by atoms with Crippen LogP contribution < -0.4 is 5.73 Å².